The van der Waals surface area contributed by atoms with Gasteiger partial charge in [0.2, 0.25) is 5.95 Å². The summed E-state index contributed by atoms with van der Waals surface area (Å²) < 4.78 is 10.5. The fraction of sp³-hybridized carbons (Fsp3) is 0.500. The van der Waals surface area contributed by atoms with Crippen LogP contribution in [0, 0.1) is 5.92 Å². The highest BCUT2D eigenvalue weighted by Crippen LogP contribution is 2.40. The highest BCUT2D eigenvalue weighted by Gasteiger charge is 2.30. The number of anilines is 2. The van der Waals surface area contributed by atoms with Crippen molar-refractivity contribution in [2.75, 3.05) is 30.4 Å². The first-order valence-electron chi connectivity index (χ1n) is 10.6. The number of amides is 1. The van der Waals surface area contributed by atoms with Crippen molar-refractivity contribution >= 4 is 40.1 Å². The molecule has 10 heteroatoms. The van der Waals surface area contributed by atoms with Gasteiger partial charge in [0, 0.05) is 24.3 Å². The molecule has 32 heavy (non-hydrogen) atoms. The third kappa shape index (κ3) is 5.61. The molecule has 0 aromatic carbocycles. The smallest absolute Gasteiger partial charge is 0.341 e. The monoisotopic (exact) mass is 460 g/mol. The van der Waals surface area contributed by atoms with E-state index in [0.717, 1.165) is 29.7 Å². The van der Waals surface area contributed by atoms with Crippen LogP contribution in [-0.4, -0.2) is 54.1 Å². The molecule has 3 rings (SSSR count). The molecule has 0 radical (unpaired) electrons. The summed E-state index contributed by atoms with van der Waals surface area (Å²) in [4.78, 5) is 48.4. The van der Waals surface area contributed by atoms with E-state index in [0.29, 0.717) is 22.4 Å². The quantitative estimate of drug-likeness (QED) is 0.599. The Morgan fingerprint density at radius 3 is 2.72 bits per heavy atom. The maximum absolute atomic E-state index is 12.7. The number of fused-ring (bicyclic) bond motifs is 1. The molecule has 2 atom stereocenters. The summed E-state index contributed by atoms with van der Waals surface area (Å²) in [7, 11) is 1.66. The van der Waals surface area contributed by atoms with Gasteiger partial charge in [-0.05, 0) is 50.7 Å². The summed E-state index contributed by atoms with van der Waals surface area (Å²) in [6, 6.07) is 1.68. The van der Waals surface area contributed by atoms with Gasteiger partial charge in [0.1, 0.15) is 11.5 Å². The first-order valence-corrected chi connectivity index (χ1v) is 11.4. The molecule has 0 spiro atoms. The number of hydrogen-bond acceptors (Lipinski definition) is 9. The van der Waals surface area contributed by atoms with Crippen LogP contribution in [0.3, 0.4) is 0 Å². The Bertz CT molecular complexity index is 978. The molecular formula is C22H28N4O5S. The molecule has 1 amide bonds. The van der Waals surface area contributed by atoms with Crippen molar-refractivity contribution in [3.63, 3.8) is 0 Å². The van der Waals surface area contributed by atoms with Crippen LogP contribution in [-0.2, 0) is 31.9 Å². The maximum atomic E-state index is 12.7. The third-order valence-corrected chi connectivity index (χ3v) is 6.34. The lowest BCUT2D eigenvalue weighted by atomic mass is 9.88. The lowest BCUT2D eigenvalue weighted by Gasteiger charge is -2.18. The van der Waals surface area contributed by atoms with Crippen molar-refractivity contribution in [2.24, 2.45) is 5.92 Å². The number of thiophene rings is 1. The molecule has 9 nitrogen and oxygen atoms in total. The maximum Gasteiger partial charge on any atom is 0.341 e. The van der Waals surface area contributed by atoms with E-state index in [1.54, 1.807) is 32.4 Å². The Kier molecular flexibility index (Phi) is 7.79. The Morgan fingerprint density at radius 1 is 1.31 bits per heavy atom. The molecule has 2 aromatic rings. The first kappa shape index (κ1) is 23.6. The van der Waals surface area contributed by atoms with Gasteiger partial charge in [-0.25, -0.2) is 14.8 Å². The summed E-state index contributed by atoms with van der Waals surface area (Å²) in [5.74, 6) is -0.644. The second-order valence-electron chi connectivity index (χ2n) is 7.80. The van der Waals surface area contributed by atoms with Crippen LogP contribution < -0.4 is 10.2 Å². The minimum absolute atomic E-state index is 0.110. The van der Waals surface area contributed by atoms with Gasteiger partial charge in [0.15, 0.2) is 6.10 Å². The van der Waals surface area contributed by atoms with Gasteiger partial charge < -0.3 is 19.7 Å². The van der Waals surface area contributed by atoms with Gasteiger partial charge in [-0.15, -0.1) is 11.3 Å². The van der Waals surface area contributed by atoms with Crippen LogP contribution in [0.15, 0.2) is 18.5 Å². The molecular weight excluding hydrogens is 432 g/mol. The van der Waals surface area contributed by atoms with Crippen LogP contribution in [0.25, 0.3) is 0 Å². The number of aromatic nitrogens is 2. The van der Waals surface area contributed by atoms with E-state index in [9.17, 15) is 14.4 Å². The number of ether oxygens (including phenoxy) is 2. The molecule has 172 valence electrons. The molecule has 1 aliphatic rings. The average molecular weight is 461 g/mol. The fourth-order valence-corrected chi connectivity index (χ4v) is 4.91. The number of nitrogens with zero attached hydrogens (tertiary/aromatic N) is 3. The molecule has 2 aromatic heterocycles. The number of rotatable bonds is 8. The third-order valence-electron chi connectivity index (χ3n) is 5.17. The molecule has 0 saturated heterocycles. The van der Waals surface area contributed by atoms with Crippen molar-refractivity contribution in [3.05, 3.63) is 34.5 Å². The highest BCUT2D eigenvalue weighted by molar-refractivity contribution is 7.17. The van der Waals surface area contributed by atoms with E-state index in [4.69, 9.17) is 9.47 Å². The van der Waals surface area contributed by atoms with E-state index >= 15 is 0 Å². The molecule has 0 bridgehead atoms. The minimum Gasteiger partial charge on any atom is -0.462 e. The zero-order valence-electron chi connectivity index (χ0n) is 18.7. The number of hydrogen-bond donors (Lipinski definition) is 1. The van der Waals surface area contributed by atoms with Crippen LogP contribution in [0.4, 0.5) is 10.9 Å². The van der Waals surface area contributed by atoms with Gasteiger partial charge in [0.05, 0.1) is 12.2 Å². The van der Waals surface area contributed by atoms with Crippen LogP contribution in [0.2, 0.25) is 0 Å². The summed E-state index contributed by atoms with van der Waals surface area (Å²) in [6.07, 6.45) is 4.72. The standard InChI is InChI=1S/C22H28N4O5S/c1-5-30-21(29)18-15-8-7-13(2)11-16(15)32-20(18)25-19(28)14(3)31-17(27)12-26(4)22-23-9-6-10-24-22/h6,9-10,13-14H,5,7-8,11-12H2,1-4H3,(H,25,28). The number of carbonyl (C=O) groups excluding carboxylic acids is 3. The van der Waals surface area contributed by atoms with Crippen molar-refractivity contribution in [1.82, 2.24) is 9.97 Å². The molecule has 0 fully saturated rings. The van der Waals surface area contributed by atoms with E-state index in [1.165, 1.54) is 23.2 Å². The lowest BCUT2D eigenvalue weighted by molar-refractivity contribution is -0.151. The summed E-state index contributed by atoms with van der Waals surface area (Å²) in [6.45, 7) is 5.55. The zero-order chi connectivity index (χ0) is 23.3. The Morgan fingerprint density at radius 2 is 2.03 bits per heavy atom. The Labute approximate surface area is 191 Å². The van der Waals surface area contributed by atoms with Gasteiger partial charge in [-0.1, -0.05) is 6.92 Å². The predicted molar refractivity (Wildman–Crippen MR) is 121 cm³/mol. The van der Waals surface area contributed by atoms with Gasteiger partial charge in [-0.3, -0.25) is 9.59 Å². The first-order chi connectivity index (χ1) is 15.3. The van der Waals surface area contributed by atoms with Gasteiger partial charge in [0.25, 0.3) is 5.91 Å². The largest absolute Gasteiger partial charge is 0.462 e. The predicted octanol–water partition coefficient (Wildman–Crippen LogP) is 2.85. The van der Waals surface area contributed by atoms with E-state index in [-0.39, 0.29) is 13.2 Å². The lowest BCUT2D eigenvalue weighted by Crippen LogP contribution is -2.35. The fourth-order valence-electron chi connectivity index (χ4n) is 3.51. The van der Waals surface area contributed by atoms with Crippen LogP contribution in [0.5, 0.6) is 0 Å². The van der Waals surface area contributed by atoms with Crippen molar-refractivity contribution in [2.45, 2.75) is 46.1 Å². The number of nitrogens with one attached hydrogen (secondary N) is 1. The van der Waals surface area contributed by atoms with Crippen LogP contribution in [0.1, 0.15) is 48.0 Å². The normalized spacial score (nSPS) is 15.9. The second-order valence-corrected chi connectivity index (χ2v) is 8.91. The minimum atomic E-state index is -1.04. The molecule has 1 N–H and O–H groups in total. The van der Waals surface area contributed by atoms with Gasteiger partial charge in [-0.2, -0.15) is 0 Å². The summed E-state index contributed by atoms with van der Waals surface area (Å²) >= 11 is 1.39. The number of likely N-dealkylation sites (N-methyl/N-ethyl adjacent to an activating group) is 1. The van der Waals surface area contributed by atoms with E-state index < -0.39 is 23.9 Å². The molecule has 0 saturated carbocycles. The highest BCUT2D eigenvalue weighted by atomic mass is 32.1. The zero-order valence-corrected chi connectivity index (χ0v) is 19.5. The van der Waals surface area contributed by atoms with Crippen molar-refractivity contribution in [1.29, 1.82) is 0 Å². The molecule has 2 unspecified atom stereocenters. The van der Waals surface area contributed by atoms with Crippen molar-refractivity contribution < 1.29 is 23.9 Å². The second kappa shape index (κ2) is 10.5. The van der Waals surface area contributed by atoms with E-state index in [2.05, 4.69) is 22.2 Å². The number of esters is 2. The SMILES string of the molecule is CCOC(=O)c1c(NC(=O)C(C)OC(=O)CN(C)c2ncccn2)sc2c1CCC(C)C2. The molecule has 0 aliphatic heterocycles. The molecule has 2 heterocycles. The van der Waals surface area contributed by atoms with Gasteiger partial charge >= 0.3 is 11.9 Å². The van der Waals surface area contributed by atoms with Crippen LogP contribution >= 0.6 is 11.3 Å². The summed E-state index contributed by atoms with van der Waals surface area (Å²) in [5.41, 5.74) is 1.38. The topological polar surface area (TPSA) is 111 Å². The summed E-state index contributed by atoms with van der Waals surface area (Å²) in [5, 5.41) is 3.22. The Hall–Kier alpha value is -3.01. The van der Waals surface area contributed by atoms with E-state index in [1.807, 2.05) is 0 Å². The average Bonchev–Trinajstić information content (AvgIpc) is 3.11. The van der Waals surface area contributed by atoms with Crippen molar-refractivity contribution in [3.8, 4) is 0 Å². The number of carbonyl (C=O) groups is 3. The Balaban J connectivity index is 1.67. The molecule has 1 aliphatic carbocycles.